The van der Waals surface area contributed by atoms with Crippen molar-refractivity contribution in [3.05, 3.63) is 100 Å². The maximum Gasteiger partial charge on any atom is 0.320 e. The number of aromatic nitrogens is 1. The molecule has 1 atom stereocenters. The molecule has 0 saturated carbocycles. The first-order valence-electron chi connectivity index (χ1n) is 9.18. The molecule has 0 spiro atoms. The quantitative estimate of drug-likeness (QED) is 0.437. The number of fused-ring (bicyclic) bond motifs is 1. The molecular formula is C23H16ClN3OS. The number of halogens is 1. The van der Waals surface area contributed by atoms with E-state index < -0.39 is 6.04 Å². The van der Waals surface area contributed by atoms with Crippen LogP contribution in [-0.4, -0.2) is 11.0 Å². The highest BCUT2D eigenvalue weighted by Gasteiger charge is 2.32. The average molecular weight is 418 g/mol. The lowest BCUT2D eigenvalue weighted by Gasteiger charge is -2.30. The van der Waals surface area contributed by atoms with E-state index in [0.717, 1.165) is 37.6 Å². The zero-order chi connectivity index (χ0) is 19.8. The number of amides is 2. The number of hydrogen-bond donors (Lipinski definition) is 2. The second kappa shape index (κ2) is 7.35. The van der Waals surface area contributed by atoms with Crippen molar-refractivity contribution in [2.75, 3.05) is 0 Å². The van der Waals surface area contributed by atoms with Crippen molar-refractivity contribution in [3.63, 3.8) is 0 Å². The molecule has 0 unspecified atom stereocenters. The van der Waals surface area contributed by atoms with Crippen molar-refractivity contribution in [2.45, 2.75) is 6.04 Å². The molecule has 4 nitrogen and oxygen atoms in total. The zero-order valence-electron chi connectivity index (χ0n) is 15.2. The minimum absolute atomic E-state index is 0.265. The van der Waals surface area contributed by atoms with Crippen molar-refractivity contribution in [3.8, 4) is 0 Å². The molecule has 4 aromatic rings. The first-order valence-corrected chi connectivity index (χ1v) is 10.4. The van der Waals surface area contributed by atoms with Gasteiger partial charge < -0.3 is 10.6 Å². The summed E-state index contributed by atoms with van der Waals surface area (Å²) >= 11 is 8.12. The van der Waals surface area contributed by atoms with Crippen molar-refractivity contribution < 1.29 is 4.79 Å². The molecule has 1 aromatic heterocycles. The van der Waals surface area contributed by atoms with E-state index in [4.69, 9.17) is 16.6 Å². The van der Waals surface area contributed by atoms with Crippen LogP contribution in [0.4, 0.5) is 4.79 Å². The van der Waals surface area contributed by atoms with Crippen molar-refractivity contribution in [1.82, 2.24) is 15.6 Å². The third-order valence-corrected chi connectivity index (χ3v) is 6.29. The van der Waals surface area contributed by atoms with Crippen LogP contribution in [0.5, 0.6) is 0 Å². The lowest BCUT2D eigenvalue weighted by Crippen LogP contribution is -2.43. The molecular weight excluding hydrogens is 402 g/mol. The summed E-state index contributed by atoms with van der Waals surface area (Å²) < 4.78 is 1.09. The number of nitrogens with one attached hydrogen (secondary N) is 2. The fourth-order valence-corrected chi connectivity index (χ4v) is 4.85. The van der Waals surface area contributed by atoms with Crippen molar-refractivity contribution >= 4 is 50.5 Å². The zero-order valence-corrected chi connectivity index (χ0v) is 16.8. The van der Waals surface area contributed by atoms with E-state index in [-0.39, 0.29) is 6.03 Å². The van der Waals surface area contributed by atoms with E-state index in [2.05, 4.69) is 16.7 Å². The van der Waals surface area contributed by atoms with Gasteiger partial charge in [0, 0.05) is 10.6 Å². The molecule has 2 N–H and O–H groups in total. The molecule has 0 fully saturated rings. The summed E-state index contributed by atoms with van der Waals surface area (Å²) in [4.78, 5) is 17.4. The van der Waals surface area contributed by atoms with Crippen LogP contribution < -0.4 is 10.6 Å². The summed E-state index contributed by atoms with van der Waals surface area (Å²) in [6.07, 6.45) is 0. The molecule has 0 aliphatic carbocycles. The Morgan fingerprint density at radius 3 is 2.41 bits per heavy atom. The molecule has 0 bridgehead atoms. The summed E-state index contributed by atoms with van der Waals surface area (Å²) in [6.45, 7) is 0. The maximum atomic E-state index is 12.6. The third-order valence-electron chi connectivity index (χ3n) is 4.87. The average Bonchev–Trinajstić information content (AvgIpc) is 3.18. The van der Waals surface area contributed by atoms with E-state index in [0.29, 0.717) is 5.02 Å². The van der Waals surface area contributed by atoms with Gasteiger partial charge in [-0.2, -0.15) is 0 Å². The van der Waals surface area contributed by atoms with Gasteiger partial charge in [0.2, 0.25) is 0 Å². The second-order valence-electron chi connectivity index (χ2n) is 6.69. The highest BCUT2D eigenvalue weighted by atomic mass is 35.5. The standard InChI is InChI=1S/C23H16ClN3OS/c24-16-11-5-4-10-15(16)21-19(22-25-17-12-6-7-13-18(17)29-22)20(26-23(28)27-21)14-8-2-1-3-9-14/h1-13,21H,(H2,26,27,28)/t21-/m1/s1. The van der Waals surface area contributed by atoms with Gasteiger partial charge in [0.05, 0.1) is 22.0 Å². The van der Waals surface area contributed by atoms with Gasteiger partial charge in [0.25, 0.3) is 0 Å². The minimum Gasteiger partial charge on any atom is -0.327 e. The topological polar surface area (TPSA) is 54.0 Å². The molecule has 3 aromatic carbocycles. The summed E-state index contributed by atoms with van der Waals surface area (Å²) in [5, 5.41) is 7.49. The monoisotopic (exact) mass is 417 g/mol. The Labute approximate surface area is 176 Å². The predicted molar refractivity (Wildman–Crippen MR) is 119 cm³/mol. The van der Waals surface area contributed by atoms with Crippen LogP contribution in [0.25, 0.3) is 21.5 Å². The van der Waals surface area contributed by atoms with Crippen LogP contribution in [0.1, 0.15) is 22.2 Å². The molecule has 2 heterocycles. The molecule has 29 heavy (non-hydrogen) atoms. The Bertz CT molecular complexity index is 1220. The summed E-state index contributed by atoms with van der Waals surface area (Å²) in [7, 11) is 0. The van der Waals surface area contributed by atoms with Gasteiger partial charge in [0.1, 0.15) is 5.01 Å². The van der Waals surface area contributed by atoms with Crippen LogP contribution in [0.2, 0.25) is 5.02 Å². The van der Waals surface area contributed by atoms with E-state index in [1.807, 2.05) is 72.8 Å². The molecule has 6 heteroatoms. The number of carbonyl (C=O) groups is 1. The van der Waals surface area contributed by atoms with Crippen molar-refractivity contribution in [2.24, 2.45) is 0 Å². The van der Waals surface area contributed by atoms with Gasteiger partial charge in [-0.05, 0) is 29.3 Å². The number of nitrogens with zero attached hydrogens (tertiary/aromatic N) is 1. The number of thiazole rings is 1. The van der Waals surface area contributed by atoms with Gasteiger partial charge in [-0.3, -0.25) is 0 Å². The first kappa shape index (κ1) is 17.9. The molecule has 1 aliphatic heterocycles. The molecule has 1 aliphatic rings. The van der Waals surface area contributed by atoms with Crippen LogP contribution in [0, 0.1) is 0 Å². The number of carbonyl (C=O) groups excluding carboxylic acids is 1. The SMILES string of the molecule is O=C1NC(c2ccccc2)=C(c2nc3ccccc3s2)[C@@H](c2ccccc2Cl)N1. The Balaban J connectivity index is 1.79. The van der Waals surface area contributed by atoms with Gasteiger partial charge in [-0.25, -0.2) is 9.78 Å². The normalized spacial score (nSPS) is 16.6. The van der Waals surface area contributed by atoms with Crippen LogP contribution in [-0.2, 0) is 0 Å². The molecule has 0 saturated heterocycles. The Morgan fingerprint density at radius 2 is 1.62 bits per heavy atom. The van der Waals surface area contributed by atoms with Gasteiger partial charge in [-0.1, -0.05) is 72.3 Å². The summed E-state index contributed by atoms with van der Waals surface area (Å²) in [5.74, 6) is 0. The maximum absolute atomic E-state index is 12.6. The summed E-state index contributed by atoms with van der Waals surface area (Å²) in [5.41, 5.74) is 4.35. The van der Waals surface area contributed by atoms with Gasteiger partial charge in [0.15, 0.2) is 0 Å². The van der Waals surface area contributed by atoms with Crippen LogP contribution in [0.15, 0.2) is 78.9 Å². The lowest BCUT2D eigenvalue weighted by atomic mass is 9.93. The number of benzene rings is 3. The minimum atomic E-state index is -0.409. The summed E-state index contributed by atoms with van der Waals surface area (Å²) in [6, 6.07) is 24.8. The van der Waals surface area contributed by atoms with Gasteiger partial charge in [-0.15, -0.1) is 11.3 Å². The Kier molecular flexibility index (Phi) is 4.54. The van der Waals surface area contributed by atoms with Crippen LogP contribution in [0.3, 0.4) is 0 Å². The smallest absolute Gasteiger partial charge is 0.320 e. The first-order chi connectivity index (χ1) is 14.2. The highest BCUT2D eigenvalue weighted by Crippen LogP contribution is 2.42. The fraction of sp³-hybridized carbons (Fsp3) is 0.0435. The van der Waals surface area contributed by atoms with Crippen molar-refractivity contribution in [1.29, 1.82) is 0 Å². The second-order valence-corrected chi connectivity index (χ2v) is 8.13. The largest absolute Gasteiger partial charge is 0.327 e. The third kappa shape index (κ3) is 3.28. The van der Waals surface area contributed by atoms with E-state index in [9.17, 15) is 4.79 Å². The highest BCUT2D eigenvalue weighted by molar-refractivity contribution is 7.19. The molecule has 0 radical (unpaired) electrons. The number of rotatable bonds is 3. The van der Waals surface area contributed by atoms with E-state index in [1.165, 1.54) is 0 Å². The molecule has 5 rings (SSSR count). The number of hydrogen-bond acceptors (Lipinski definition) is 3. The fourth-order valence-electron chi connectivity index (χ4n) is 3.56. The Morgan fingerprint density at radius 1 is 0.897 bits per heavy atom. The van der Waals surface area contributed by atoms with E-state index >= 15 is 0 Å². The number of urea groups is 1. The lowest BCUT2D eigenvalue weighted by molar-refractivity contribution is 0.242. The predicted octanol–water partition coefficient (Wildman–Crippen LogP) is 5.87. The Hall–Kier alpha value is -3.15. The molecule has 2 amide bonds. The van der Waals surface area contributed by atoms with Crippen LogP contribution >= 0.6 is 22.9 Å². The van der Waals surface area contributed by atoms with E-state index in [1.54, 1.807) is 11.3 Å². The molecule has 142 valence electrons. The van der Waals surface area contributed by atoms with Gasteiger partial charge >= 0.3 is 6.03 Å². The number of para-hydroxylation sites is 1.